The summed E-state index contributed by atoms with van der Waals surface area (Å²) in [6.07, 6.45) is 8.76. The molecule has 1 saturated heterocycles. The minimum atomic E-state index is -0.356. The topological polar surface area (TPSA) is 64.0 Å². The van der Waals surface area contributed by atoms with Crippen LogP contribution in [-0.4, -0.2) is 48.0 Å². The lowest BCUT2D eigenvalue weighted by molar-refractivity contribution is -0.282. The number of hydrogen-bond acceptors (Lipinski definition) is 4. The molecule has 0 spiro atoms. The maximum absolute atomic E-state index is 14.9. The molecular weight excluding hydrogens is 497 g/mol. The number of rotatable bonds is 6. The van der Waals surface area contributed by atoms with E-state index in [2.05, 4.69) is 6.07 Å². The molecule has 2 amide bonds. The number of carbonyl (C=O) groups excluding carboxylic acids is 2. The molecule has 39 heavy (non-hydrogen) atoms. The summed E-state index contributed by atoms with van der Waals surface area (Å²) in [5.74, 6) is -0.254. The van der Waals surface area contributed by atoms with Crippen LogP contribution in [0, 0.1) is 5.82 Å². The molecule has 1 aromatic heterocycles. The molecule has 1 aliphatic carbocycles. The van der Waals surface area contributed by atoms with Crippen LogP contribution in [0.5, 0.6) is 0 Å². The molecule has 1 saturated carbocycles. The molecule has 3 heterocycles. The minimum absolute atomic E-state index is 0.0358. The number of amides is 2. The molecule has 3 aromatic rings. The van der Waals surface area contributed by atoms with Gasteiger partial charge in [0.1, 0.15) is 25.5 Å². The van der Waals surface area contributed by atoms with E-state index < -0.39 is 0 Å². The van der Waals surface area contributed by atoms with Crippen molar-refractivity contribution in [1.29, 1.82) is 0 Å². The number of likely N-dealkylation sites (tertiary alicyclic amines) is 1. The minimum Gasteiger partial charge on any atom is -0.341 e. The fourth-order valence-electron chi connectivity index (χ4n) is 6.74. The quantitative estimate of drug-likeness (QED) is 0.291. The number of carbonyl (C=O) groups is 2. The van der Waals surface area contributed by atoms with Gasteiger partial charge in [-0.25, -0.2) is 14.2 Å². The van der Waals surface area contributed by atoms with Gasteiger partial charge in [0.25, 0.3) is 0 Å². The van der Waals surface area contributed by atoms with E-state index in [1.807, 2.05) is 21.6 Å². The standard InChI is InChI=1S/C31H36FN3O4/c1-38-39-20-21-10-12-24-27(16-21)35-19-29(37)34(18-28(36)33-14-6-3-7-15-33)26-13-11-23(32)17-25(26)31(35)30(24)22-8-4-2-5-9-22/h10-13,16-17,22H,2-9,14-15,18-20H2,1H3. The first-order valence-corrected chi connectivity index (χ1v) is 14.2. The van der Waals surface area contributed by atoms with Crippen LogP contribution in [0.25, 0.3) is 22.2 Å². The molecule has 2 aliphatic heterocycles. The number of halogens is 1. The number of anilines is 1. The van der Waals surface area contributed by atoms with Gasteiger partial charge in [0.05, 0.1) is 18.5 Å². The Morgan fingerprint density at radius 2 is 1.77 bits per heavy atom. The van der Waals surface area contributed by atoms with Gasteiger partial charge in [-0.1, -0.05) is 31.4 Å². The van der Waals surface area contributed by atoms with Crippen molar-refractivity contribution < 1.29 is 23.8 Å². The van der Waals surface area contributed by atoms with Gasteiger partial charge in [0.2, 0.25) is 11.8 Å². The van der Waals surface area contributed by atoms with Gasteiger partial charge in [0.15, 0.2) is 0 Å². The van der Waals surface area contributed by atoms with Crippen LogP contribution >= 0.6 is 0 Å². The molecule has 0 unspecified atom stereocenters. The second kappa shape index (κ2) is 11.1. The van der Waals surface area contributed by atoms with Gasteiger partial charge in [-0.15, -0.1) is 0 Å². The SMILES string of the molecule is COOCc1ccc2c(C3CCCCC3)c3n(c2c1)CC(=O)N(CC(=O)N1CCCCC1)c1ccc(F)cc1-3. The van der Waals surface area contributed by atoms with Crippen LogP contribution in [0.3, 0.4) is 0 Å². The first-order chi connectivity index (χ1) is 19.0. The Bertz CT molecular complexity index is 1390. The molecule has 2 fully saturated rings. The van der Waals surface area contributed by atoms with Crippen molar-refractivity contribution in [2.75, 3.05) is 31.6 Å². The van der Waals surface area contributed by atoms with E-state index in [0.29, 0.717) is 17.2 Å². The van der Waals surface area contributed by atoms with Gasteiger partial charge >= 0.3 is 0 Å². The van der Waals surface area contributed by atoms with Crippen molar-refractivity contribution in [2.45, 2.75) is 70.4 Å². The second-order valence-electron chi connectivity index (χ2n) is 11.0. The Labute approximate surface area is 228 Å². The second-order valence-corrected chi connectivity index (χ2v) is 11.0. The van der Waals surface area contributed by atoms with E-state index in [0.717, 1.165) is 80.2 Å². The average molecular weight is 534 g/mol. The predicted octanol–water partition coefficient (Wildman–Crippen LogP) is 5.93. The van der Waals surface area contributed by atoms with Crippen molar-refractivity contribution in [3.05, 3.63) is 53.3 Å². The highest BCUT2D eigenvalue weighted by molar-refractivity contribution is 6.06. The number of fused-ring (bicyclic) bond motifs is 5. The lowest BCUT2D eigenvalue weighted by Gasteiger charge is -2.30. The van der Waals surface area contributed by atoms with Crippen molar-refractivity contribution in [1.82, 2.24) is 9.47 Å². The Balaban J connectivity index is 1.51. The summed E-state index contributed by atoms with van der Waals surface area (Å²) in [4.78, 5) is 40.7. The number of benzene rings is 2. The Morgan fingerprint density at radius 1 is 1.00 bits per heavy atom. The van der Waals surface area contributed by atoms with Gasteiger partial charge < -0.3 is 14.4 Å². The largest absolute Gasteiger partial charge is 0.341 e. The van der Waals surface area contributed by atoms with Crippen molar-refractivity contribution in [3.63, 3.8) is 0 Å². The molecule has 0 radical (unpaired) electrons. The van der Waals surface area contributed by atoms with Crippen LogP contribution in [-0.2, 0) is 32.5 Å². The fraction of sp³-hybridized carbons (Fsp3) is 0.484. The molecule has 8 heteroatoms. The molecule has 3 aliphatic rings. The zero-order chi connectivity index (χ0) is 26.9. The smallest absolute Gasteiger partial charge is 0.247 e. The third-order valence-electron chi connectivity index (χ3n) is 8.63. The highest BCUT2D eigenvalue weighted by Gasteiger charge is 2.34. The number of hydrogen-bond donors (Lipinski definition) is 0. The van der Waals surface area contributed by atoms with Crippen LogP contribution < -0.4 is 4.90 Å². The van der Waals surface area contributed by atoms with Gasteiger partial charge in [-0.05, 0) is 73.4 Å². The molecule has 7 nitrogen and oxygen atoms in total. The summed E-state index contributed by atoms with van der Waals surface area (Å²) < 4.78 is 17.0. The van der Waals surface area contributed by atoms with Gasteiger partial charge in [0, 0.05) is 29.6 Å². The van der Waals surface area contributed by atoms with Gasteiger partial charge in [-0.2, -0.15) is 0 Å². The monoisotopic (exact) mass is 533 g/mol. The van der Waals surface area contributed by atoms with Crippen molar-refractivity contribution >= 4 is 28.4 Å². The normalized spacial score (nSPS) is 18.3. The molecule has 0 N–H and O–H groups in total. The lowest BCUT2D eigenvalue weighted by Crippen LogP contribution is -2.45. The fourth-order valence-corrected chi connectivity index (χ4v) is 6.74. The van der Waals surface area contributed by atoms with Crippen LogP contribution in [0.1, 0.15) is 68.4 Å². The Kier molecular flexibility index (Phi) is 7.40. The zero-order valence-electron chi connectivity index (χ0n) is 22.6. The molecule has 0 atom stereocenters. The van der Waals surface area contributed by atoms with E-state index in [9.17, 15) is 14.0 Å². The molecule has 206 valence electrons. The maximum atomic E-state index is 14.9. The highest BCUT2D eigenvalue weighted by atomic mass is 19.1. The van der Waals surface area contributed by atoms with Crippen LogP contribution in [0.15, 0.2) is 36.4 Å². The molecule has 6 rings (SSSR count). The van der Waals surface area contributed by atoms with Crippen LogP contribution in [0.2, 0.25) is 0 Å². The third kappa shape index (κ3) is 4.96. The number of nitrogens with zero attached hydrogens (tertiary/aromatic N) is 3. The van der Waals surface area contributed by atoms with E-state index in [-0.39, 0.29) is 37.3 Å². The molecule has 0 bridgehead atoms. The number of piperidine rings is 1. The summed E-state index contributed by atoms with van der Waals surface area (Å²) in [6, 6.07) is 10.8. The summed E-state index contributed by atoms with van der Waals surface area (Å²) in [5.41, 5.74) is 5.22. The van der Waals surface area contributed by atoms with E-state index in [4.69, 9.17) is 9.78 Å². The zero-order valence-corrected chi connectivity index (χ0v) is 22.6. The first-order valence-electron chi connectivity index (χ1n) is 14.2. The van der Waals surface area contributed by atoms with E-state index in [1.165, 1.54) is 31.2 Å². The summed E-state index contributed by atoms with van der Waals surface area (Å²) in [5, 5.41) is 1.10. The van der Waals surface area contributed by atoms with Gasteiger partial charge in [-0.3, -0.25) is 9.59 Å². The van der Waals surface area contributed by atoms with Crippen molar-refractivity contribution in [3.8, 4) is 11.3 Å². The number of aromatic nitrogens is 1. The summed E-state index contributed by atoms with van der Waals surface area (Å²) >= 11 is 0. The summed E-state index contributed by atoms with van der Waals surface area (Å²) in [6.45, 7) is 1.77. The van der Waals surface area contributed by atoms with Crippen LogP contribution in [0.4, 0.5) is 10.1 Å². The Morgan fingerprint density at radius 3 is 2.54 bits per heavy atom. The first kappa shape index (κ1) is 26.0. The molecule has 2 aromatic carbocycles. The predicted molar refractivity (Wildman–Crippen MR) is 148 cm³/mol. The third-order valence-corrected chi connectivity index (χ3v) is 8.63. The molecular formula is C31H36FN3O4. The highest BCUT2D eigenvalue weighted by Crippen LogP contribution is 2.47. The van der Waals surface area contributed by atoms with E-state index in [1.54, 1.807) is 11.0 Å². The Hall–Kier alpha value is -3.23. The maximum Gasteiger partial charge on any atom is 0.247 e. The summed E-state index contributed by atoms with van der Waals surface area (Å²) in [7, 11) is 1.48. The van der Waals surface area contributed by atoms with Crippen molar-refractivity contribution in [2.24, 2.45) is 0 Å². The lowest BCUT2D eigenvalue weighted by atomic mass is 9.81. The van der Waals surface area contributed by atoms with E-state index >= 15 is 0 Å². The average Bonchev–Trinajstić information content (AvgIpc) is 3.22.